The van der Waals surface area contributed by atoms with Gasteiger partial charge in [0.05, 0.1) is 16.8 Å². The number of β-amino-alcohol motifs (C(OH)–C–C–N with tert-alkyl or cyclic N) is 1. The van der Waals surface area contributed by atoms with E-state index in [2.05, 4.69) is 10.2 Å². The molecule has 1 aliphatic rings. The Morgan fingerprint density at radius 3 is 2.67 bits per heavy atom. The number of carbonyl (C=O) groups excluding carboxylic acids is 1. The number of urea groups is 1. The number of anilines is 1. The number of hydrogen-bond donors (Lipinski definition) is 2. The first-order chi connectivity index (χ1) is 11.3. The normalized spacial score (nSPS) is 17.2. The second kappa shape index (κ2) is 8.62. The summed E-state index contributed by atoms with van der Waals surface area (Å²) in [6.07, 6.45) is -0.411. The predicted octanol–water partition coefficient (Wildman–Crippen LogP) is 1.55. The predicted molar refractivity (Wildman–Crippen MR) is 93.0 cm³/mol. The Labute approximate surface area is 146 Å². The Balaban J connectivity index is 1.81. The van der Waals surface area contributed by atoms with Crippen LogP contribution in [-0.2, 0) is 0 Å². The van der Waals surface area contributed by atoms with Crippen molar-refractivity contribution in [3.8, 4) is 0 Å². The molecule has 1 atom stereocenters. The molecule has 1 heterocycles. The minimum Gasteiger partial charge on any atom is -0.390 e. The number of rotatable bonds is 5. The van der Waals surface area contributed by atoms with Crippen molar-refractivity contribution in [2.24, 2.45) is 0 Å². The van der Waals surface area contributed by atoms with E-state index in [0.29, 0.717) is 44.3 Å². The molecule has 0 aliphatic carbocycles. The molecule has 8 heteroatoms. The van der Waals surface area contributed by atoms with Crippen molar-refractivity contribution in [1.29, 1.82) is 0 Å². The molecule has 0 spiro atoms. The van der Waals surface area contributed by atoms with E-state index in [9.17, 15) is 14.3 Å². The first-order valence-corrected chi connectivity index (χ1v) is 8.29. The summed E-state index contributed by atoms with van der Waals surface area (Å²) in [5.41, 5.74) is 0.269. The summed E-state index contributed by atoms with van der Waals surface area (Å²) in [4.78, 5) is 18.0. The van der Waals surface area contributed by atoms with Gasteiger partial charge in [0.1, 0.15) is 5.82 Å². The molecule has 1 saturated heterocycles. The van der Waals surface area contributed by atoms with E-state index in [1.807, 2.05) is 19.0 Å². The average molecular weight is 359 g/mol. The number of carbonyl (C=O) groups is 1. The molecule has 1 aromatic carbocycles. The SMILES string of the molecule is CN(C)C[C@H](O)CN1CCN(C(=O)Nc2cc(F)ccc2Cl)CC1. The van der Waals surface area contributed by atoms with Gasteiger partial charge in [0, 0.05) is 39.3 Å². The summed E-state index contributed by atoms with van der Waals surface area (Å²) in [6.45, 7) is 3.67. The van der Waals surface area contributed by atoms with Crippen molar-refractivity contribution < 1.29 is 14.3 Å². The summed E-state index contributed by atoms with van der Waals surface area (Å²) in [5, 5.41) is 12.9. The molecule has 0 aromatic heterocycles. The van der Waals surface area contributed by atoms with Crippen molar-refractivity contribution in [3.63, 3.8) is 0 Å². The van der Waals surface area contributed by atoms with Crippen LogP contribution in [0.1, 0.15) is 0 Å². The van der Waals surface area contributed by atoms with Crippen molar-refractivity contribution in [2.45, 2.75) is 6.10 Å². The Kier molecular flexibility index (Phi) is 6.79. The highest BCUT2D eigenvalue weighted by atomic mass is 35.5. The zero-order valence-corrected chi connectivity index (χ0v) is 14.8. The number of likely N-dealkylation sites (N-methyl/N-ethyl adjacent to an activating group) is 1. The van der Waals surface area contributed by atoms with Gasteiger partial charge >= 0.3 is 6.03 Å². The van der Waals surface area contributed by atoms with Gasteiger partial charge in [-0.25, -0.2) is 9.18 Å². The lowest BCUT2D eigenvalue weighted by atomic mass is 10.2. The maximum atomic E-state index is 13.2. The number of halogens is 2. The van der Waals surface area contributed by atoms with Gasteiger partial charge in [-0.1, -0.05) is 11.6 Å². The van der Waals surface area contributed by atoms with E-state index in [1.54, 1.807) is 4.90 Å². The summed E-state index contributed by atoms with van der Waals surface area (Å²) in [5.74, 6) is -0.450. The number of aliphatic hydroxyl groups excluding tert-OH is 1. The van der Waals surface area contributed by atoms with Gasteiger partial charge in [-0.15, -0.1) is 0 Å². The third-order valence-electron chi connectivity index (χ3n) is 3.87. The molecule has 2 rings (SSSR count). The van der Waals surface area contributed by atoms with E-state index in [0.717, 1.165) is 0 Å². The molecular weight excluding hydrogens is 335 g/mol. The first kappa shape index (κ1) is 18.9. The second-order valence-corrected chi connectivity index (χ2v) is 6.67. The number of piperazine rings is 1. The first-order valence-electron chi connectivity index (χ1n) is 7.91. The van der Waals surface area contributed by atoms with Crippen molar-refractivity contribution in [2.75, 3.05) is 58.7 Å². The Hall–Kier alpha value is -1.41. The largest absolute Gasteiger partial charge is 0.390 e. The molecule has 2 amide bonds. The van der Waals surface area contributed by atoms with Gasteiger partial charge < -0.3 is 20.2 Å². The maximum Gasteiger partial charge on any atom is 0.321 e. The molecule has 0 saturated carbocycles. The lowest BCUT2D eigenvalue weighted by Gasteiger charge is -2.35. The van der Waals surface area contributed by atoms with Gasteiger partial charge in [-0.05, 0) is 32.3 Å². The standard InChI is InChI=1S/C16H24ClFN4O2/c1-20(2)10-13(23)11-21-5-7-22(8-6-21)16(24)19-15-9-12(18)3-4-14(15)17/h3-4,9,13,23H,5-8,10-11H2,1-2H3,(H,19,24)/t13-/m0/s1. The van der Waals surface area contributed by atoms with Crippen LogP contribution in [0.25, 0.3) is 0 Å². The zero-order chi connectivity index (χ0) is 17.7. The number of hydrogen-bond acceptors (Lipinski definition) is 4. The molecule has 2 N–H and O–H groups in total. The minimum absolute atomic E-state index is 0.269. The molecule has 0 radical (unpaired) electrons. The minimum atomic E-state index is -0.450. The fraction of sp³-hybridized carbons (Fsp3) is 0.562. The van der Waals surface area contributed by atoms with Crippen LogP contribution in [0.2, 0.25) is 5.02 Å². The Bertz CT molecular complexity index is 565. The topological polar surface area (TPSA) is 59.1 Å². The molecule has 0 unspecified atom stereocenters. The molecule has 1 aromatic rings. The lowest BCUT2D eigenvalue weighted by molar-refractivity contribution is 0.0677. The van der Waals surface area contributed by atoms with Crippen molar-refractivity contribution in [1.82, 2.24) is 14.7 Å². The van der Waals surface area contributed by atoms with E-state index in [4.69, 9.17) is 11.6 Å². The quantitative estimate of drug-likeness (QED) is 0.838. The number of aliphatic hydroxyl groups is 1. The van der Waals surface area contributed by atoms with E-state index >= 15 is 0 Å². The average Bonchev–Trinajstić information content (AvgIpc) is 2.50. The fourth-order valence-corrected chi connectivity index (χ4v) is 2.86. The van der Waals surface area contributed by atoms with Crippen LogP contribution in [0, 0.1) is 5.82 Å². The summed E-state index contributed by atoms with van der Waals surface area (Å²) < 4.78 is 13.2. The van der Waals surface area contributed by atoms with Crippen molar-refractivity contribution in [3.05, 3.63) is 29.0 Å². The van der Waals surface area contributed by atoms with Crippen LogP contribution in [0.5, 0.6) is 0 Å². The lowest BCUT2D eigenvalue weighted by Crippen LogP contribution is -2.52. The van der Waals surface area contributed by atoms with Crippen molar-refractivity contribution >= 4 is 23.3 Å². The summed E-state index contributed by atoms with van der Waals surface area (Å²) in [6, 6.07) is 3.57. The summed E-state index contributed by atoms with van der Waals surface area (Å²) >= 11 is 5.96. The molecule has 1 fully saturated rings. The number of nitrogens with one attached hydrogen (secondary N) is 1. The highest BCUT2D eigenvalue weighted by Gasteiger charge is 2.23. The van der Waals surface area contributed by atoms with Crippen LogP contribution in [0.4, 0.5) is 14.9 Å². The molecule has 1 aliphatic heterocycles. The van der Waals surface area contributed by atoms with Crippen LogP contribution in [0.3, 0.4) is 0 Å². The third kappa shape index (κ3) is 5.59. The second-order valence-electron chi connectivity index (χ2n) is 6.26. The fourth-order valence-electron chi connectivity index (χ4n) is 2.70. The van der Waals surface area contributed by atoms with Gasteiger partial charge in [0.2, 0.25) is 0 Å². The third-order valence-corrected chi connectivity index (χ3v) is 4.20. The van der Waals surface area contributed by atoms with Crippen LogP contribution in [-0.4, -0.2) is 85.3 Å². The molecular formula is C16H24ClFN4O2. The maximum absolute atomic E-state index is 13.2. The van der Waals surface area contributed by atoms with Crippen LogP contribution >= 0.6 is 11.6 Å². The van der Waals surface area contributed by atoms with Gasteiger partial charge in [-0.3, -0.25) is 4.90 Å². The smallest absolute Gasteiger partial charge is 0.321 e. The van der Waals surface area contributed by atoms with Crippen LogP contribution < -0.4 is 5.32 Å². The van der Waals surface area contributed by atoms with Gasteiger partial charge in [0.15, 0.2) is 0 Å². The van der Waals surface area contributed by atoms with E-state index in [-0.39, 0.29) is 11.7 Å². The van der Waals surface area contributed by atoms with Gasteiger partial charge in [0.25, 0.3) is 0 Å². The number of benzene rings is 1. The highest BCUT2D eigenvalue weighted by molar-refractivity contribution is 6.33. The molecule has 24 heavy (non-hydrogen) atoms. The van der Waals surface area contributed by atoms with E-state index in [1.165, 1.54) is 18.2 Å². The highest BCUT2D eigenvalue weighted by Crippen LogP contribution is 2.22. The van der Waals surface area contributed by atoms with E-state index < -0.39 is 11.9 Å². The monoisotopic (exact) mass is 358 g/mol. The molecule has 6 nitrogen and oxygen atoms in total. The number of nitrogens with zero attached hydrogens (tertiary/aromatic N) is 3. The molecule has 134 valence electrons. The Morgan fingerprint density at radius 1 is 1.38 bits per heavy atom. The zero-order valence-electron chi connectivity index (χ0n) is 14.0. The van der Waals surface area contributed by atoms with Gasteiger partial charge in [-0.2, -0.15) is 0 Å². The molecule has 0 bridgehead atoms. The Morgan fingerprint density at radius 2 is 2.04 bits per heavy atom. The van der Waals surface area contributed by atoms with Crippen LogP contribution in [0.15, 0.2) is 18.2 Å². The summed E-state index contributed by atoms with van der Waals surface area (Å²) in [7, 11) is 3.84. The number of amides is 2.